The number of ether oxygens (including phenoxy) is 1. The molecule has 0 fully saturated rings. The van der Waals surface area contributed by atoms with Gasteiger partial charge in [0.2, 0.25) is 0 Å². The van der Waals surface area contributed by atoms with E-state index >= 15 is 0 Å². The molecule has 0 radical (unpaired) electrons. The Morgan fingerprint density at radius 3 is 2.43 bits per heavy atom. The molecule has 0 spiro atoms. The lowest BCUT2D eigenvalue weighted by molar-refractivity contribution is -0.139. The highest BCUT2D eigenvalue weighted by atomic mass is 32.1. The maximum Gasteiger partial charge on any atom is 0.349 e. The van der Waals surface area contributed by atoms with E-state index in [4.69, 9.17) is 14.3 Å². The molecule has 0 aliphatic carbocycles. The summed E-state index contributed by atoms with van der Waals surface area (Å²) in [6, 6.07) is 8.38. The van der Waals surface area contributed by atoms with Crippen LogP contribution in [0.4, 0.5) is 5.69 Å². The number of anilines is 1. The van der Waals surface area contributed by atoms with Crippen molar-refractivity contribution in [1.29, 1.82) is 0 Å². The minimum Gasteiger partial charge on any atom is -0.480 e. The summed E-state index contributed by atoms with van der Waals surface area (Å²) in [4.78, 5) is 34.8. The Morgan fingerprint density at radius 2 is 1.86 bits per heavy atom. The Bertz CT molecular complexity index is 1020. The van der Waals surface area contributed by atoms with Crippen molar-refractivity contribution < 1.29 is 33.8 Å². The number of carbonyl (C=O) groups excluding carboxylic acids is 1. The molecule has 144 valence electrons. The van der Waals surface area contributed by atoms with E-state index in [2.05, 4.69) is 5.32 Å². The van der Waals surface area contributed by atoms with Gasteiger partial charge in [0.05, 0.1) is 11.8 Å². The van der Waals surface area contributed by atoms with Gasteiger partial charge in [-0.3, -0.25) is 4.79 Å². The molecule has 0 aliphatic rings. The summed E-state index contributed by atoms with van der Waals surface area (Å²) in [5.41, 5.74) is 2.21. The van der Waals surface area contributed by atoms with E-state index < -0.39 is 18.5 Å². The first-order valence-corrected chi connectivity index (χ1v) is 8.83. The monoisotopic (exact) mass is 401 g/mol. The number of aromatic carboxylic acids is 1. The van der Waals surface area contributed by atoms with Crippen molar-refractivity contribution in [3.8, 4) is 16.2 Å². The average molecular weight is 401 g/mol. The molecule has 0 saturated carbocycles. The van der Waals surface area contributed by atoms with Gasteiger partial charge in [-0.2, -0.15) is 0 Å². The molecule has 1 amide bonds. The summed E-state index contributed by atoms with van der Waals surface area (Å²) in [6.07, 6.45) is 2.74. The Hall–Kier alpha value is -3.59. The van der Waals surface area contributed by atoms with Gasteiger partial charge < -0.3 is 24.7 Å². The van der Waals surface area contributed by atoms with Crippen molar-refractivity contribution in [1.82, 2.24) is 0 Å². The molecule has 8 nitrogen and oxygen atoms in total. The Balaban J connectivity index is 1.85. The number of hydrogen-bond acceptors (Lipinski definition) is 6. The highest BCUT2D eigenvalue weighted by molar-refractivity contribution is 7.18. The highest BCUT2D eigenvalue weighted by Crippen LogP contribution is 2.41. The van der Waals surface area contributed by atoms with Gasteiger partial charge in [-0.15, -0.1) is 11.3 Å². The van der Waals surface area contributed by atoms with Crippen molar-refractivity contribution in [2.24, 2.45) is 0 Å². The minimum absolute atomic E-state index is 0.0484. The van der Waals surface area contributed by atoms with Gasteiger partial charge in [0, 0.05) is 16.1 Å². The van der Waals surface area contributed by atoms with Crippen molar-refractivity contribution in [3.63, 3.8) is 0 Å². The fourth-order valence-corrected chi connectivity index (χ4v) is 3.62. The topological polar surface area (TPSA) is 126 Å². The summed E-state index contributed by atoms with van der Waals surface area (Å²) in [5, 5.41) is 20.9. The van der Waals surface area contributed by atoms with Crippen LogP contribution in [0.15, 0.2) is 47.3 Å². The van der Waals surface area contributed by atoms with Crippen LogP contribution in [0.5, 0.6) is 5.75 Å². The predicted octanol–water partition coefficient (Wildman–Crippen LogP) is 3.73. The second kappa shape index (κ2) is 7.97. The summed E-state index contributed by atoms with van der Waals surface area (Å²) in [5.74, 6) is -2.65. The first-order valence-electron chi connectivity index (χ1n) is 8.02. The molecule has 3 aromatic rings. The summed E-state index contributed by atoms with van der Waals surface area (Å²) in [6.45, 7) is 1.04. The third-order valence-corrected chi connectivity index (χ3v) is 5.12. The van der Waals surface area contributed by atoms with Crippen LogP contribution >= 0.6 is 11.3 Å². The first-order chi connectivity index (χ1) is 13.4. The molecule has 3 rings (SSSR count). The van der Waals surface area contributed by atoms with Crippen molar-refractivity contribution in [2.45, 2.75) is 6.92 Å². The fraction of sp³-hybridized carbons (Fsp3) is 0.105. The highest BCUT2D eigenvalue weighted by Gasteiger charge is 2.23. The van der Waals surface area contributed by atoms with Gasteiger partial charge in [-0.25, -0.2) is 9.59 Å². The lowest BCUT2D eigenvalue weighted by Crippen LogP contribution is -2.11. The Morgan fingerprint density at radius 1 is 1.14 bits per heavy atom. The molecule has 0 atom stereocenters. The molecule has 3 N–H and O–H groups in total. The summed E-state index contributed by atoms with van der Waals surface area (Å²) >= 11 is 1.000. The molecule has 0 unspecified atom stereocenters. The van der Waals surface area contributed by atoms with Crippen LogP contribution in [0.25, 0.3) is 10.4 Å². The van der Waals surface area contributed by atoms with Crippen LogP contribution in [0.3, 0.4) is 0 Å². The van der Waals surface area contributed by atoms with Crippen molar-refractivity contribution >= 4 is 34.9 Å². The van der Waals surface area contributed by atoms with Gasteiger partial charge in [0.1, 0.15) is 12.0 Å². The zero-order valence-corrected chi connectivity index (χ0v) is 15.4. The Kier molecular flexibility index (Phi) is 5.46. The van der Waals surface area contributed by atoms with E-state index in [1.54, 1.807) is 37.3 Å². The molecule has 0 bridgehead atoms. The van der Waals surface area contributed by atoms with Crippen LogP contribution < -0.4 is 10.1 Å². The zero-order chi connectivity index (χ0) is 20.3. The minimum atomic E-state index is -1.19. The van der Waals surface area contributed by atoms with Crippen molar-refractivity contribution in [2.75, 3.05) is 11.9 Å². The third-order valence-electron chi connectivity index (χ3n) is 3.81. The smallest absolute Gasteiger partial charge is 0.349 e. The number of benzene rings is 1. The number of carbonyl (C=O) groups is 3. The maximum atomic E-state index is 12.0. The number of hydrogen-bond donors (Lipinski definition) is 3. The van der Waals surface area contributed by atoms with Crippen LogP contribution in [0, 0.1) is 6.92 Å². The number of amides is 1. The number of aliphatic carboxylic acids is 1. The van der Waals surface area contributed by atoms with E-state index in [0.29, 0.717) is 21.7 Å². The number of nitrogens with one attached hydrogen (secondary N) is 1. The molecule has 1 aromatic carbocycles. The third kappa shape index (κ3) is 4.04. The summed E-state index contributed by atoms with van der Waals surface area (Å²) in [7, 11) is 0. The largest absolute Gasteiger partial charge is 0.480 e. The number of furan rings is 1. The van der Waals surface area contributed by atoms with Gasteiger partial charge in [-0.1, -0.05) is 12.1 Å². The zero-order valence-electron chi connectivity index (χ0n) is 14.6. The second-order valence-electron chi connectivity index (χ2n) is 5.75. The van der Waals surface area contributed by atoms with E-state index in [1.165, 1.54) is 12.5 Å². The predicted molar refractivity (Wildman–Crippen MR) is 101 cm³/mol. The molecule has 28 heavy (non-hydrogen) atoms. The lowest BCUT2D eigenvalue weighted by Gasteiger charge is -2.06. The quantitative estimate of drug-likeness (QED) is 0.550. The molecule has 0 saturated heterocycles. The number of rotatable bonds is 7. The van der Waals surface area contributed by atoms with Crippen LogP contribution in [0.1, 0.15) is 25.6 Å². The first kappa shape index (κ1) is 19.2. The van der Waals surface area contributed by atoms with Gasteiger partial charge in [-0.05, 0) is 30.7 Å². The summed E-state index contributed by atoms with van der Waals surface area (Å²) < 4.78 is 10.0. The van der Waals surface area contributed by atoms with E-state index in [1.807, 2.05) is 0 Å². The van der Waals surface area contributed by atoms with E-state index in [0.717, 1.165) is 16.9 Å². The van der Waals surface area contributed by atoms with E-state index in [9.17, 15) is 19.5 Å². The SMILES string of the molecule is Cc1c(-c2ccc(NC(=O)c3ccoc3)cc2)sc(C(=O)O)c1OCC(=O)O. The number of thiophene rings is 1. The lowest BCUT2D eigenvalue weighted by atomic mass is 10.1. The van der Waals surface area contributed by atoms with Gasteiger partial charge in [0.15, 0.2) is 11.5 Å². The molecule has 9 heteroatoms. The van der Waals surface area contributed by atoms with E-state index in [-0.39, 0.29) is 16.5 Å². The van der Waals surface area contributed by atoms with Crippen LogP contribution in [-0.4, -0.2) is 34.7 Å². The fourth-order valence-electron chi connectivity index (χ4n) is 2.52. The molecule has 2 aromatic heterocycles. The molecular formula is C19H15NO7S. The molecular weight excluding hydrogens is 386 g/mol. The van der Waals surface area contributed by atoms with Crippen LogP contribution in [-0.2, 0) is 4.79 Å². The normalized spacial score (nSPS) is 10.5. The standard InChI is InChI=1S/C19H15NO7S/c1-10-15(27-9-14(21)22)17(19(24)25)28-16(10)11-2-4-13(5-3-11)20-18(23)12-6-7-26-8-12/h2-8H,9H2,1H3,(H,20,23)(H,21,22)(H,24,25). The molecule has 0 aliphatic heterocycles. The number of carboxylic acid groups (broad SMARTS) is 2. The number of carboxylic acids is 2. The van der Waals surface area contributed by atoms with Crippen LogP contribution in [0.2, 0.25) is 0 Å². The molecule has 2 heterocycles. The second-order valence-corrected chi connectivity index (χ2v) is 6.77. The average Bonchev–Trinajstić information content (AvgIpc) is 3.29. The van der Waals surface area contributed by atoms with Crippen molar-refractivity contribution in [3.05, 3.63) is 58.9 Å². The maximum absolute atomic E-state index is 12.0. The van der Waals surface area contributed by atoms with Gasteiger partial charge >= 0.3 is 11.9 Å². The Labute approximate surface area is 163 Å². The van der Waals surface area contributed by atoms with Gasteiger partial charge in [0.25, 0.3) is 5.91 Å².